The van der Waals surface area contributed by atoms with Gasteiger partial charge in [0.2, 0.25) is 0 Å². The van der Waals surface area contributed by atoms with Gasteiger partial charge in [0.15, 0.2) is 0 Å². The van der Waals surface area contributed by atoms with Gasteiger partial charge in [-0.05, 0) is 80.3 Å². The zero-order valence-electron chi connectivity index (χ0n) is 18.2. The van der Waals surface area contributed by atoms with Crippen LogP contribution in [0.25, 0.3) is 32.3 Å². The summed E-state index contributed by atoms with van der Waals surface area (Å²) in [5, 5.41) is 8.28. The van der Waals surface area contributed by atoms with Gasteiger partial charge in [-0.1, -0.05) is 109 Å². The van der Waals surface area contributed by atoms with Gasteiger partial charge in [0, 0.05) is 0 Å². The van der Waals surface area contributed by atoms with Gasteiger partial charge < -0.3 is 0 Å². The lowest BCUT2D eigenvalue weighted by Gasteiger charge is -2.14. The minimum Gasteiger partial charge on any atom is -0.0622 e. The summed E-state index contributed by atoms with van der Waals surface area (Å²) in [6, 6.07) is 40.4. The Morgan fingerprint density at radius 2 is 0.625 bits per heavy atom. The molecule has 0 saturated heterocycles. The molecule has 0 saturated carbocycles. The van der Waals surface area contributed by atoms with Crippen LogP contribution in [0.3, 0.4) is 0 Å². The first-order chi connectivity index (χ1) is 15.8. The van der Waals surface area contributed by atoms with Gasteiger partial charge >= 0.3 is 0 Å². The molecule has 0 N–H and O–H groups in total. The summed E-state index contributed by atoms with van der Waals surface area (Å²) in [4.78, 5) is 0. The molecule has 6 aromatic carbocycles. The molecule has 6 aromatic rings. The number of rotatable bonds is 6. The molecular formula is C32H26. The highest BCUT2D eigenvalue weighted by Gasteiger charge is 2.11. The average Bonchev–Trinajstić information content (AvgIpc) is 2.86. The lowest BCUT2D eigenvalue weighted by molar-refractivity contribution is 0.963. The van der Waals surface area contributed by atoms with Crippen molar-refractivity contribution >= 4 is 32.3 Å². The highest BCUT2D eigenvalue weighted by Crippen LogP contribution is 2.36. The minimum atomic E-state index is 1.07. The van der Waals surface area contributed by atoms with Crippen molar-refractivity contribution in [3.63, 3.8) is 0 Å². The molecule has 32 heavy (non-hydrogen) atoms. The molecule has 6 rings (SSSR count). The molecule has 154 valence electrons. The van der Waals surface area contributed by atoms with Crippen molar-refractivity contribution in [3.8, 4) is 0 Å². The van der Waals surface area contributed by atoms with Crippen LogP contribution < -0.4 is 0 Å². The van der Waals surface area contributed by atoms with Crippen LogP contribution in [0.4, 0.5) is 0 Å². The van der Waals surface area contributed by atoms with E-state index in [0.29, 0.717) is 0 Å². The predicted octanol–water partition coefficient (Wildman–Crippen LogP) is 8.15. The van der Waals surface area contributed by atoms with E-state index in [0.717, 1.165) is 25.7 Å². The largest absolute Gasteiger partial charge is 0.0622 e. The van der Waals surface area contributed by atoms with Crippen molar-refractivity contribution in [3.05, 3.63) is 131 Å². The Morgan fingerprint density at radius 3 is 0.969 bits per heavy atom. The van der Waals surface area contributed by atoms with Crippen LogP contribution >= 0.6 is 0 Å². The molecule has 0 nitrogen and oxygen atoms in total. The SMILES string of the molecule is c1ccc(CCc2cc3ccc4cc(CCc5ccccc5)cc5ccc(c2)c3c45)cc1. The molecule has 0 heteroatoms. The van der Waals surface area contributed by atoms with Crippen LogP contribution in [0.15, 0.2) is 109 Å². The van der Waals surface area contributed by atoms with Gasteiger partial charge in [-0.3, -0.25) is 0 Å². The highest BCUT2D eigenvalue weighted by atomic mass is 14.1. The van der Waals surface area contributed by atoms with Crippen molar-refractivity contribution in [1.29, 1.82) is 0 Å². The third-order valence-corrected chi connectivity index (χ3v) is 6.74. The molecule has 0 bridgehead atoms. The van der Waals surface area contributed by atoms with Crippen molar-refractivity contribution in [2.75, 3.05) is 0 Å². The number of benzene rings is 6. The Labute approximate surface area is 189 Å². The molecule has 0 aromatic heterocycles. The zero-order chi connectivity index (χ0) is 21.3. The number of hydrogen-bond donors (Lipinski definition) is 0. The van der Waals surface area contributed by atoms with Gasteiger partial charge in [-0.2, -0.15) is 0 Å². The summed E-state index contributed by atoms with van der Waals surface area (Å²) in [7, 11) is 0. The van der Waals surface area contributed by atoms with Gasteiger partial charge in [-0.25, -0.2) is 0 Å². The molecule has 0 aliphatic heterocycles. The highest BCUT2D eigenvalue weighted by molar-refractivity contribution is 6.23. The molecule has 0 aliphatic rings. The summed E-state index contributed by atoms with van der Waals surface area (Å²) in [5.41, 5.74) is 5.65. The lowest BCUT2D eigenvalue weighted by Crippen LogP contribution is -1.94. The van der Waals surface area contributed by atoms with E-state index in [9.17, 15) is 0 Å². The van der Waals surface area contributed by atoms with E-state index in [1.54, 1.807) is 0 Å². The molecule has 0 amide bonds. The van der Waals surface area contributed by atoms with Crippen LogP contribution in [0.5, 0.6) is 0 Å². The fourth-order valence-electron chi connectivity index (χ4n) is 5.12. The maximum atomic E-state index is 2.40. The second-order valence-corrected chi connectivity index (χ2v) is 8.94. The summed E-state index contributed by atoms with van der Waals surface area (Å²) < 4.78 is 0. The standard InChI is InChI=1S/C32H26/c1-3-7-23(8-4-1)11-13-25-19-27-15-17-29-21-26(14-12-24-9-5-2-6-10-24)22-30-18-16-28(20-25)31(27)32(29)30/h1-10,15-22H,11-14H2. The van der Waals surface area contributed by atoms with E-state index < -0.39 is 0 Å². The first kappa shape index (κ1) is 19.1. The topological polar surface area (TPSA) is 0 Å². The molecule has 0 aliphatic carbocycles. The fourth-order valence-corrected chi connectivity index (χ4v) is 5.12. The molecule has 0 spiro atoms. The van der Waals surface area contributed by atoms with Crippen molar-refractivity contribution in [1.82, 2.24) is 0 Å². The van der Waals surface area contributed by atoms with Gasteiger partial charge in [-0.15, -0.1) is 0 Å². The van der Waals surface area contributed by atoms with Crippen LogP contribution in [0.1, 0.15) is 22.3 Å². The van der Waals surface area contributed by atoms with Gasteiger partial charge in [0.05, 0.1) is 0 Å². The molecule has 0 atom stereocenters. The van der Waals surface area contributed by atoms with E-state index in [4.69, 9.17) is 0 Å². The number of aryl methyl sites for hydroxylation is 4. The van der Waals surface area contributed by atoms with E-state index in [2.05, 4.69) is 109 Å². The van der Waals surface area contributed by atoms with Gasteiger partial charge in [0.1, 0.15) is 0 Å². The Morgan fingerprint density at radius 1 is 0.312 bits per heavy atom. The van der Waals surface area contributed by atoms with Crippen LogP contribution in [-0.4, -0.2) is 0 Å². The Kier molecular flexibility index (Phi) is 4.85. The monoisotopic (exact) mass is 410 g/mol. The van der Waals surface area contributed by atoms with Gasteiger partial charge in [0.25, 0.3) is 0 Å². The maximum absolute atomic E-state index is 2.40. The average molecular weight is 411 g/mol. The van der Waals surface area contributed by atoms with E-state index in [1.165, 1.54) is 54.6 Å². The Bertz CT molecular complexity index is 1310. The number of hydrogen-bond acceptors (Lipinski definition) is 0. The summed E-state index contributed by atoms with van der Waals surface area (Å²) in [6.45, 7) is 0. The lowest BCUT2D eigenvalue weighted by atomic mass is 9.90. The van der Waals surface area contributed by atoms with Crippen molar-refractivity contribution in [2.24, 2.45) is 0 Å². The van der Waals surface area contributed by atoms with E-state index in [-0.39, 0.29) is 0 Å². The van der Waals surface area contributed by atoms with E-state index in [1.807, 2.05) is 0 Å². The second-order valence-electron chi connectivity index (χ2n) is 8.94. The Hall–Kier alpha value is -3.64. The summed E-state index contributed by atoms with van der Waals surface area (Å²) >= 11 is 0. The fraction of sp³-hybridized carbons (Fsp3) is 0.125. The molecule has 0 fully saturated rings. The zero-order valence-corrected chi connectivity index (χ0v) is 18.2. The molecule has 0 heterocycles. The Balaban J connectivity index is 1.35. The smallest absolute Gasteiger partial charge is 0.00266 e. The molecule has 0 radical (unpaired) electrons. The minimum absolute atomic E-state index is 1.07. The third-order valence-electron chi connectivity index (χ3n) is 6.74. The first-order valence-corrected chi connectivity index (χ1v) is 11.6. The van der Waals surface area contributed by atoms with Crippen molar-refractivity contribution in [2.45, 2.75) is 25.7 Å². The summed E-state index contributed by atoms with van der Waals surface area (Å²) in [6.07, 6.45) is 4.31. The first-order valence-electron chi connectivity index (χ1n) is 11.6. The van der Waals surface area contributed by atoms with Crippen LogP contribution in [0.2, 0.25) is 0 Å². The molecule has 0 unspecified atom stereocenters. The molecular weight excluding hydrogens is 384 g/mol. The maximum Gasteiger partial charge on any atom is -0.00266 e. The summed E-state index contributed by atoms with van der Waals surface area (Å²) in [5.74, 6) is 0. The normalized spacial score (nSPS) is 11.6. The van der Waals surface area contributed by atoms with Crippen LogP contribution in [0, 0.1) is 0 Å². The van der Waals surface area contributed by atoms with Crippen molar-refractivity contribution < 1.29 is 0 Å². The predicted molar refractivity (Wildman–Crippen MR) is 138 cm³/mol. The van der Waals surface area contributed by atoms with E-state index >= 15 is 0 Å². The quantitative estimate of drug-likeness (QED) is 0.243. The third kappa shape index (κ3) is 3.63. The van der Waals surface area contributed by atoms with Crippen LogP contribution in [-0.2, 0) is 25.7 Å². The second kappa shape index (κ2) is 8.13.